The van der Waals surface area contributed by atoms with Crippen molar-refractivity contribution in [1.29, 1.82) is 0 Å². The first kappa shape index (κ1) is 19.9. The van der Waals surface area contributed by atoms with Gasteiger partial charge in [-0.1, -0.05) is 12.8 Å². The van der Waals surface area contributed by atoms with Crippen LogP contribution < -0.4 is 0 Å². The molecule has 6 unspecified atom stereocenters. The van der Waals surface area contributed by atoms with Crippen molar-refractivity contribution < 1.29 is 9.59 Å². The fourth-order valence-electron chi connectivity index (χ4n) is 6.20. The minimum absolute atomic E-state index is 0.124. The smallest absolute Gasteiger partial charge is 0.223 e. The van der Waals surface area contributed by atoms with Gasteiger partial charge in [0.2, 0.25) is 11.8 Å². The molecule has 2 saturated heterocycles. The maximum absolute atomic E-state index is 13.4. The number of piperazine rings is 1. The average Bonchev–Trinajstić information content (AvgIpc) is 3.02. The predicted octanol–water partition coefficient (Wildman–Crippen LogP) is 3.91. The van der Waals surface area contributed by atoms with Crippen LogP contribution in [0.5, 0.6) is 0 Å². The van der Waals surface area contributed by atoms with E-state index in [2.05, 4.69) is 28.5 Å². The number of thioether (sulfide) groups is 1. The Labute approximate surface area is 172 Å². The highest BCUT2D eigenvalue weighted by atomic mass is 35.5. The van der Waals surface area contributed by atoms with Crippen LogP contribution in [0.3, 0.4) is 0 Å². The number of alkyl halides is 1. The van der Waals surface area contributed by atoms with Gasteiger partial charge in [-0.2, -0.15) is 11.8 Å². The molecule has 4 fully saturated rings. The number of rotatable bonds is 2. The van der Waals surface area contributed by atoms with Crippen LogP contribution in [-0.2, 0) is 9.59 Å². The second-order valence-electron chi connectivity index (χ2n) is 9.15. The summed E-state index contributed by atoms with van der Waals surface area (Å²) >= 11 is 8.52. The Hall–Kier alpha value is -0.420. The molecule has 4 nitrogen and oxygen atoms in total. The molecule has 0 bridgehead atoms. The normalized spacial score (nSPS) is 41.8. The summed E-state index contributed by atoms with van der Waals surface area (Å²) in [4.78, 5) is 29.8. The Bertz CT molecular complexity index is 589. The second kappa shape index (κ2) is 8.14. The summed E-state index contributed by atoms with van der Waals surface area (Å²) in [7, 11) is 0. The molecular weight excluding hydrogens is 380 g/mol. The van der Waals surface area contributed by atoms with Crippen LogP contribution in [0.1, 0.15) is 65.2 Å². The van der Waals surface area contributed by atoms with Crippen molar-refractivity contribution in [2.24, 2.45) is 11.8 Å². The molecule has 4 rings (SSSR count). The minimum Gasteiger partial charge on any atom is -0.336 e. The van der Waals surface area contributed by atoms with Crippen molar-refractivity contribution in [3.05, 3.63) is 0 Å². The van der Waals surface area contributed by atoms with E-state index in [4.69, 9.17) is 11.6 Å². The van der Waals surface area contributed by atoms with Gasteiger partial charge in [-0.25, -0.2) is 0 Å². The number of carbonyl (C=O) groups excluding carboxylic acids is 2. The highest BCUT2D eigenvalue weighted by Gasteiger charge is 2.46. The van der Waals surface area contributed by atoms with E-state index in [1.807, 2.05) is 0 Å². The Morgan fingerprint density at radius 3 is 2.59 bits per heavy atom. The maximum Gasteiger partial charge on any atom is 0.223 e. The molecule has 0 spiro atoms. The zero-order chi connectivity index (χ0) is 19.1. The van der Waals surface area contributed by atoms with Gasteiger partial charge >= 0.3 is 0 Å². The van der Waals surface area contributed by atoms with E-state index in [0.717, 1.165) is 31.4 Å². The van der Waals surface area contributed by atoms with E-state index >= 15 is 0 Å². The van der Waals surface area contributed by atoms with Gasteiger partial charge in [-0.15, -0.1) is 11.6 Å². The lowest BCUT2D eigenvalue weighted by Gasteiger charge is -2.53. The number of amides is 2. The lowest BCUT2D eigenvalue weighted by Crippen LogP contribution is -2.66. The van der Waals surface area contributed by atoms with Crippen molar-refractivity contribution in [2.45, 2.75) is 94.0 Å². The van der Waals surface area contributed by atoms with Gasteiger partial charge in [0, 0.05) is 36.6 Å². The van der Waals surface area contributed by atoms with E-state index in [9.17, 15) is 9.59 Å². The summed E-state index contributed by atoms with van der Waals surface area (Å²) in [5.41, 5.74) is 0. The monoisotopic (exact) mass is 412 g/mol. The molecule has 2 saturated carbocycles. The molecule has 0 N–H and O–H groups in total. The summed E-state index contributed by atoms with van der Waals surface area (Å²) in [6.07, 6.45) is 8.52. The third-order valence-corrected chi connectivity index (χ3v) is 9.44. The number of hydrogen-bond acceptors (Lipinski definition) is 3. The molecule has 0 aromatic carbocycles. The van der Waals surface area contributed by atoms with Crippen molar-refractivity contribution in [3.8, 4) is 0 Å². The van der Waals surface area contributed by atoms with Crippen LogP contribution in [0, 0.1) is 11.8 Å². The molecule has 4 aliphatic rings. The van der Waals surface area contributed by atoms with Gasteiger partial charge in [0.1, 0.15) is 0 Å². The van der Waals surface area contributed by atoms with Crippen molar-refractivity contribution in [1.82, 2.24) is 9.80 Å². The fourth-order valence-corrected chi connectivity index (χ4v) is 8.27. The number of halogens is 1. The number of hydrogen-bond donors (Lipinski definition) is 0. The molecule has 152 valence electrons. The summed E-state index contributed by atoms with van der Waals surface area (Å²) in [5.74, 6) is 2.70. The van der Waals surface area contributed by atoms with Gasteiger partial charge in [-0.3, -0.25) is 9.59 Å². The van der Waals surface area contributed by atoms with Gasteiger partial charge in [0.05, 0.1) is 12.1 Å². The first-order valence-corrected chi connectivity index (χ1v) is 12.3. The maximum atomic E-state index is 13.4. The first-order chi connectivity index (χ1) is 13.0. The zero-order valence-electron chi connectivity index (χ0n) is 16.6. The highest BCUT2D eigenvalue weighted by Crippen LogP contribution is 2.48. The second-order valence-corrected chi connectivity index (χ2v) is 11.0. The fraction of sp³-hybridized carbons (Fsp3) is 0.905. The third-order valence-electron chi connectivity index (χ3n) is 7.41. The summed E-state index contributed by atoms with van der Waals surface area (Å²) in [6, 6.07) is 0.568. The van der Waals surface area contributed by atoms with E-state index in [1.54, 1.807) is 6.92 Å². The van der Waals surface area contributed by atoms with E-state index in [0.29, 0.717) is 41.3 Å². The molecular formula is C21H33ClN2O2S. The summed E-state index contributed by atoms with van der Waals surface area (Å²) in [5, 5.41) is 1.01. The number of fused-ring (bicyclic) bond motifs is 2. The third kappa shape index (κ3) is 3.88. The highest BCUT2D eigenvalue weighted by molar-refractivity contribution is 8.00. The van der Waals surface area contributed by atoms with Gasteiger partial charge < -0.3 is 9.80 Å². The molecule has 0 aromatic heterocycles. The molecule has 27 heavy (non-hydrogen) atoms. The largest absolute Gasteiger partial charge is 0.336 e. The lowest BCUT2D eigenvalue weighted by atomic mass is 9.78. The molecule has 6 heteroatoms. The lowest BCUT2D eigenvalue weighted by molar-refractivity contribution is -0.153. The predicted molar refractivity (Wildman–Crippen MR) is 111 cm³/mol. The van der Waals surface area contributed by atoms with Crippen LogP contribution >= 0.6 is 23.4 Å². The van der Waals surface area contributed by atoms with Crippen LogP contribution in [-0.4, -0.2) is 62.7 Å². The van der Waals surface area contributed by atoms with E-state index in [-0.39, 0.29) is 24.0 Å². The van der Waals surface area contributed by atoms with Crippen LogP contribution in [0.4, 0.5) is 0 Å². The summed E-state index contributed by atoms with van der Waals surface area (Å²) in [6.45, 7) is 4.49. The topological polar surface area (TPSA) is 40.6 Å². The SMILES string of the molecule is CC(=O)N1C2CCCCC2N(C(=O)CC2CSC3CCC(Cl)CC23)C[C@@H]1C. The standard InChI is InChI=1S/C21H33ClN2O2S/c1-13-11-23(18-5-3-4-6-19(18)24(13)14(2)25)21(26)9-15-12-27-20-8-7-16(22)10-17(15)20/h13,15-20H,3-12H2,1-2H3/t13-,15?,16?,17?,18?,19?,20?/m0/s1. The van der Waals surface area contributed by atoms with Crippen LogP contribution in [0.2, 0.25) is 0 Å². The Kier molecular flexibility index (Phi) is 5.99. The molecule has 2 aliphatic carbocycles. The molecule has 0 aromatic rings. The van der Waals surface area contributed by atoms with Crippen molar-refractivity contribution in [2.75, 3.05) is 12.3 Å². The van der Waals surface area contributed by atoms with Crippen molar-refractivity contribution >= 4 is 35.2 Å². The molecule has 2 aliphatic heterocycles. The number of carbonyl (C=O) groups is 2. The molecule has 7 atom stereocenters. The van der Waals surface area contributed by atoms with Gasteiger partial charge in [0.25, 0.3) is 0 Å². The molecule has 0 radical (unpaired) electrons. The summed E-state index contributed by atoms with van der Waals surface area (Å²) < 4.78 is 0. The van der Waals surface area contributed by atoms with Crippen LogP contribution in [0.15, 0.2) is 0 Å². The Balaban J connectivity index is 1.46. The molecule has 2 heterocycles. The van der Waals surface area contributed by atoms with Gasteiger partial charge in [-0.05, 0) is 56.6 Å². The van der Waals surface area contributed by atoms with E-state index < -0.39 is 0 Å². The zero-order valence-corrected chi connectivity index (χ0v) is 18.2. The number of nitrogens with zero attached hydrogens (tertiary/aromatic N) is 2. The Morgan fingerprint density at radius 1 is 1.11 bits per heavy atom. The molecule has 2 amide bonds. The quantitative estimate of drug-likeness (QED) is 0.645. The Morgan fingerprint density at radius 2 is 1.85 bits per heavy atom. The van der Waals surface area contributed by atoms with Gasteiger partial charge in [0.15, 0.2) is 0 Å². The van der Waals surface area contributed by atoms with Crippen molar-refractivity contribution in [3.63, 3.8) is 0 Å². The average molecular weight is 413 g/mol. The van der Waals surface area contributed by atoms with E-state index in [1.165, 1.54) is 19.3 Å². The van der Waals surface area contributed by atoms with Crippen LogP contribution in [0.25, 0.3) is 0 Å². The minimum atomic E-state index is 0.124. The first-order valence-electron chi connectivity index (χ1n) is 10.8.